The first-order valence-electron chi connectivity index (χ1n) is 11.9. The number of aliphatic hydroxyl groups excluding tert-OH is 1. The van der Waals surface area contributed by atoms with E-state index < -0.39 is 6.29 Å². The van der Waals surface area contributed by atoms with Crippen LogP contribution in [0.4, 0.5) is 5.69 Å². The fourth-order valence-electron chi connectivity index (χ4n) is 4.19. The molecular formula is C27H25BrN4O5S. The summed E-state index contributed by atoms with van der Waals surface area (Å²) in [5.74, 6) is 0.778. The molecule has 9 nitrogen and oxygen atoms in total. The van der Waals surface area contributed by atoms with Crippen LogP contribution < -0.4 is 9.64 Å². The van der Waals surface area contributed by atoms with Gasteiger partial charge in [-0.1, -0.05) is 12.1 Å². The molecule has 0 amide bonds. The van der Waals surface area contributed by atoms with Gasteiger partial charge in [0.25, 0.3) is 0 Å². The number of morpholine rings is 1. The normalized spacial score (nSPS) is 14.3. The molecule has 0 bridgehead atoms. The van der Waals surface area contributed by atoms with Gasteiger partial charge in [-0.2, -0.15) is 5.26 Å². The number of pyridine rings is 1. The van der Waals surface area contributed by atoms with Gasteiger partial charge in [0.15, 0.2) is 12.7 Å². The summed E-state index contributed by atoms with van der Waals surface area (Å²) >= 11 is 4.86. The summed E-state index contributed by atoms with van der Waals surface area (Å²) in [5, 5.41) is 20.1. The minimum absolute atomic E-state index is 0.139. The van der Waals surface area contributed by atoms with Crippen LogP contribution in [-0.4, -0.2) is 48.5 Å². The number of aryl methyl sites for hydroxylation is 1. The van der Waals surface area contributed by atoms with E-state index >= 15 is 0 Å². The molecule has 0 spiro atoms. The Balaban J connectivity index is 1.51. The first kappa shape index (κ1) is 26.3. The van der Waals surface area contributed by atoms with E-state index in [1.54, 1.807) is 13.0 Å². The zero-order valence-corrected chi connectivity index (χ0v) is 23.2. The number of benzene rings is 1. The summed E-state index contributed by atoms with van der Waals surface area (Å²) in [6, 6.07) is 14.0. The zero-order chi connectivity index (χ0) is 26.6. The summed E-state index contributed by atoms with van der Waals surface area (Å²) in [7, 11) is 1.43. The fraction of sp³-hybridized carbons (Fsp3) is 0.296. The van der Waals surface area contributed by atoms with Crippen molar-refractivity contribution in [3.05, 3.63) is 68.3 Å². The molecule has 0 radical (unpaired) electrons. The number of methoxy groups -OCH3 is 1. The van der Waals surface area contributed by atoms with Gasteiger partial charge in [0, 0.05) is 41.5 Å². The van der Waals surface area contributed by atoms with Crippen LogP contribution in [0.2, 0.25) is 0 Å². The Morgan fingerprint density at radius 2 is 2.00 bits per heavy atom. The highest BCUT2D eigenvalue weighted by Gasteiger charge is 2.22. The Kier molecular flexibility index (Phi) is 8.06. The number of aromatic nitrogens is 2. The maximum Gasteiger partial charge on any atom is 0.233 e. The van der Waals surface area contributed by atoms with Gasteiger partial charge in [-0.05, 0) is 47.1 Å². The van der Waals surface area contributed by atoms with Gasteiger partial charge >= 0.3 is 0 Å². The highest BCUT2D eigenvalue weighted by atomic mass is 79.9. The van der Waals surface area contributed by atoms with Crippen molar-refractivity contribution in [1.29, 1.82) is 5.26 Å². The van der Waals surface area contributed by atoms with Crippen molar-refractivity contribution in [3.8, 4) is 34.5 Å². The predicted octanol–water partition coefficient (Wildman–Crippen LogP) is 5.46. The van der Waals surface area contributed by atoms with Gasteiger partial charge in [0.1, 0.15) is 29.7 Å². The van der Waals surface area contributed by atoms with Gasteiger partial charge in [0.2, 0.25) is 5.88 Å². The quantitative estimate of drug-likeness (QED) is 0.265. The van der Waals surface area contributed by atoms with Gasteiger partial charge in [-0.25, -0.2) is 9.97 Å². The van der Waals surface area contributed by atoms with Crippen LogP contribution in [-0.2, 0) is 16.1 Å². The molecule has 1 aliphatic rings. The highest BCUT2D eigenvalue weighted by Crippen LogP contribution is 2.37. The minimum Gasteiger partial charge on any atom is -0.471 e. The average Bonchev–Trinajstić information content (AvgIpc) is 3.56. The molecule has 0 saturated carbocycles. The van der Waals surface area contributed by atoms with Crippen LogP contribution in [0.3, 0.4) is 0 Å². The van der Waals surface area contributed by atoms with Gasteiger partial charge < -0.3 is 28.6 Å². The van der Waals surface area contributed by atoms with Crippen LogP contribution >= 0.6 is 27.3 Å². The fourth-order valence-corrected chi connectivity index (χ4v) is 5.88. The van der Waals surface area contributed by atoms with Crippen molar-refractivity contribution in [2.45, 2.75) is 19.8 Å². The molecule has 0 aliphatic carbocycles. The SMILES string of the molecule is COC(O)c1cc(Br)c(COc2nc(-c3ccc(N4CCOCC4)cc3)cc(-c3ncoc3C)c2C#N)s1. The summed E-state index contributed by atoms with van der Waals surface area (Å²) in [6.07, 6.45) is 0.331. The molecule has 1 saturated heterocycles. The lowest BCUT2D eigenvalue weighted by atomic mass is 10.0. The molecule has 1 atom stereocenters. The molecule has 1 aliphatic heterocycles. The van der Waals surface area contributed by atoms with E-state index in [4.69, 9.17) is 23.6 Å². The van der Waals surface area contributed by atoms with Crippen LogP contribution in [0, 0.1) is 18.3 Å². The Bertz CT molecular complexity index is 1460. The number of rotatable bonds is 8. The predicted molar refractivity (Wildman–Crippen MR) is 146 cm³/mol. The number of ether oxygens (including phenoxy) is 3. The molecule has 38 heavy (non-hydrogen) atoms. The molecule has 1 unspecified atom stereocenters. The first-order chi connectivity index (χ1) is 18.5. The van der Waals surface area contributed by atoms with Crippen LogP contribution in [0.25, 0.3) is 22.5 Å². The van der Waals surface area contributed by atoms with Crippen molar-refractivity contribution in [3.63, 3.8) is 0 Å². The lowest BCUT2D eigenvalue weighted by Gasteiger charge is -2.28. The number of nitrogens with zero attached hydrogens (tertiary/aromatic N) is 4. The van der Waals surface area contributed by atoms with Gasteiger partial charge in [-0.3, -0.25) is 0 Å². The van der Waals surface area contributed by atoms with Crippen molar-refractivity contribution in [2.75, 3.05) is 38.3 Å². The van der Waals surface area contributed by atoms with E-state index in [9.17, 15) is 10.4 Å². The lowest BCUT2D eigenvalue weighted by Crippen LogP contribution is -2.36. The number of halogens is 1. The standard InChI is InChI=1S/C27H25BrN4O5S/c1-16-25(30-15-37-16)19-11-22(17-3-5-18(6-4-17)32-7-9-35-10-8-32)31-26(20(19)13-29)36-14-24-21(28)12-23(38-24)27(33)34-2/h3-6,11-12,15,27,33H,7-10,14H2,1-2H3. The summed E-state index contributed by atoms with van der Waals surface area (Å²) in [6.45, 7) is 5.07. The van der Waals surface area contributed by atoms with E-state index in [1.807, 2.05) is 18.2 Å². The summed E-state index contributed by atoms with van der Waals surface area (Å²) in [5.41, 5.74) is 4.04. The third-order valence-corrected chi connectivity index (χ3v) is 8.33. The molecule has 1 N–H and O–H groups in total. The Morgan fingerprint density at radius 3 is 2.66 bits per heavy atom. The van der Waals surface area contributed by atoms with Crippen molar-refractivity contribution < 1.29 is 23.7 Å². The Hall–Kier alpha value is -3.27. The monoisotopic (exact) mass is 596 g/mol. The number of hydrogen-bond acceptors (Lipinski definition) is 10. The van der Waals surface area contributed by atoms with E-state index in [0.29, 0.717) is 40.8 Å². The van der Waals surface area contributed by atoms with Crippen LogP contribution in [0.5, 0.6) is 5.88 Å². The van der Waals surface area contributed by atoms with Crippen molar-refractivity contribution in [2.24, 2.45) is 0 Å². The van der Waals surface area contributed by atoms with E-state index in [1.165, 1.54) is 24.8 Å². The molecule has 1 fully saturated rings. The molecule has 4 heterocycles. The Morgan fingerprint density at radius 1 is 1.24 bits per heavy atom. The van der Waals surface area contributed by atoms with E-state index in [0.717, 1.165) is 33.7 Å². The number of hydrogen-bond donors (Lipinski definition) is 1. The largest absolute Gasteiger partial charge is 0.471 e. The molecule has 11 heteroatoms. The smallest absolute Gasteiger partial charge is 0.233 e. The number of anilines is 1. The molecule has 3 aromatic heterocycles. The van der Waals surface area contributed by atoms with Crippen LogP contribution in [0.1, 0.15) is 27.4 Å². The zero-order valence-electron chi connectivity index (χ0n) is 20.8. The maximum absolute atomic E-state index is 10.1. The molecule has 4 aromatic rings. The third kappa shape index (κ3) is 5.45. The number of aliphatic hydroxyl groups is 1. The third-order valence-electron chi connectivity index (χ3n) is 6.22. The highest BCUT2D eigenvalue weighted by molar-refractivity contribution is 9.10. The first-order valence-corrected chi connectivity index (χ1v) is 13.5. The van der Waals surface area contributed by atoms with Crippen LogP contribution in [0.15, 0.2) is 51.7 Å². The Labute approximate surface area is 232 Å². The number of thiophene rings is 1. The summed E-state index contributed by atoms with van der Waals surface area (Å²) in [4.78, 5) is 12.8. The average molecular weight is 597 g/mol. The second-order valence-electron chi connectivity index (χ2n) is 8.55. The van der Waals surface area contributed by atoms with Gasteiger partial charge in [-0.15, -0.1) is 11.3 Å². The second kappa shape index (κ2) is 11.6. The topological polar surface area (TPSA) is 114 Å². The maximum atomic E-state index is 10.1. The van der Waals surface area contributed by atoms with Crippen molar-refractivity contribution in [1.82, 2.24) is 9.97 Å². The molecular weight excluding hydrogens is 572 g/mol. The minimum atomic E-state index is -1.02. The molecule has 1 aromatic carbocycles. The van der Waals surface area contributed by atoms with Gasteiger partial charge in [0.05, 0.1) is 28.7 Å². The lowest BCUT2D eigenvalue weighted by molar-refractivity contribution is -0.0743. The molecule has 5 rings (SSSR count). The number of oxazole rings is 1. The van der Waals surface area contributed by atoms with Crippen molar-refractivity contribution >= 4 is 33.0 Å². The van der Waals surface area contributed by atoms with E-state index in [-0.39, 0.29) is 18.1 Å². The van der Waals surface area contributed by atoms with E-state index in [2.05, 4.69) is 44.0 Å². The second-order valence-corrected chi connectivity index (χ2v) is 10.6. The summed E-state index contributed by atoms with van der Waals surface area (Å²) < 4.78 is 22.8. The molecule has 196 valence electrons. The number of nitriles is 1.